The minimum Gasteiger partial charge on any atom is -0.496 e. The van der Waals surface area contributed by atoms with Gasteiger partial charge in [0.1, 0.15) is 5.75 Å². The molecule has 2 heteroatoms. The highest BCUT2D eigenvalue weighted by molar-refractivity contribution is 5.35. The van der Waals surface area contributed by atoms with Crippen LogP contribution in [-0.4, -0.2) is 20.7 Å². The molecule has 1 aromatic carbocycles. The summed E-state index contributed by atoms with van der Waals surface area (Å²) in [6.45, 7) is 22.3. The molecule has 1 rings (SSSR count). The second-order valence-corrected chi connectivity index (χ2v) is 6.61. The summed E-state index contributed by atoms with van der Waals surface area (Å²) >= 11 is 0. The maximum atomic E-state index is 5.13. The number of unbranched alkanes of at least 4 members (excludes halogenated alkanes) is 1. The number of hydrogen-bond donors (Lipinski definition) is 1. The van der Waals surface area contributed by atoms with Gasteiger partial charge in [0.15, 0.2) is 0 Å². The lowest BCUT2D eigenvalue weighted by Gasteiger charge is -2.05. The van der Waals surface area contributed by atoms with E-state index in [4.69, 9.17) is 4.74 Å². The second-order valence-electron chi connectivity index (χ2n) is 6.61. The Morgan fingerprint density at radius 3 is 1.68 bits per heavy atom. The molecule has 0 atom stereocenters. The highest BCUT2D eigenvalue weighted by Gasteiger charge is 1.96. The lowest BCUT2D eigenvalue weighted by molar-refractivity contribution is 0.411. The fraction of sp³-hybridized carbons (Fsp3) is 0.769. The van der Waals surface area contributed by atoms with Gasteiger partial charge in [-0.2, -0.15) is 0 Å². The molecule has 0 saturated heterocycles. The molecule has 0 saturated carbocycles. The summed E-state index contributed by atoms with van der Waals surface area (Å²) in [6.07, 6.45) is 8.11. The maximum absolute atomic E-state index is 5.13. The molecule has 0 unspecified atom stereocenters. The Bertz CT molecular complexity index is 367. The van der Waals surface area contributed by atoms with E-state index in [-0.39, 0.29) is 0 Å². The third-order valence-electron chi connectivity index (χ3n) is 3.91. The van der Waals surface area contributed by atoms with Crippen LogP contribution in [0.15, 0.2) is 18.2 Å². The predicted molar refractivity (Wildman–Crippen MR) is 133 cm³/mol. The number of benzene rings is 1. The summed E-state index contributed by atoms with van der Waals surface area (Å²) in [5.74, 6) is 1.94. The van der Waals surface area contributed by atoms with Crippen LogP contribution < -0.4 is 10.1 Å². The molecule has 0 radical (unpaired) electrons. The summed E-state index contributed by atoms with van der Waals surface area (Å²) in [6, 6.07) is 6.18. The van der Waals surface area contributed by atoms with Crippen molar-refractivity contribution in [3.63, 3.8) is 0 Å². The number of nitrogens with one attached hydrogen (secondary N) is 1. The molecule has 170 valence electrons. The van der Waals surface area contributed by atoms with Crippen LogP contribution in [0.4, 0.5) is 0 Å². The van der Waals surface area contributed by atoms with E-state index in [1.807, 2.05) is 47.7 Å². The lowest BCUT2D eigenvalue weighted by Crippen LogP contribution is -2.06. The second kappa shape index (κ2) is 30.7. The van der Waals surface area contributed by atoms with Crippen LogP contribution in [-0.2, 0) is 0 Å². The molecule has 2 nitrogen and oxygen atoms in total. The molecule has 28 heavy (non-hydrogen) atoms. The Labute approximate surface area is 179 Å². The van der Waals surface area contributed by atoms with Gasteiger partial charge >= 0.3 is 0 Å². The van der Waals surface area contributed by atoms with Crippen molar-refractivity contribution in [3.8, 4) is 5.75 Å². The van der Waals surface area contributed by atoms with Crippen LogP contribution in [0.25, 0.3) is 0 Å². The molecular weight excluding hydrogens is 342 g/mol. The smallest absolute Gasteiger partial charge is 0.122 e. The van der Waals surface area contributed by atoms with Crippen LogP contribution in [0.5, 0.6) is 5.75 Å². The largest absolute Gasteiger partial charge is 0.496 e. The van der Waals surface area contributed by atoms with Gasteiger partial charge < -0.3 is 10.1 Å². The third-order valence-corrected chi connectivity index (χ3v) is 3.91. The summed E-state index contributed by atoms with van der Waals surface area (Å²) in [5.41, 5.74) is 2.43. The number of methoxy groups -OCH3 is 1. The van der Waals surface area contributed by atoms with Crippen LogP contribution in [0.2, 0.25) is 0 Å². The monoisotopic (exact) mass is 397 g/mol. The molecule has 0 fully saturated rings. The van der Waals surface area contributed by atoms with E-state index in [2.05, 4.69) is 52.1 Å². The normalized spacial score (nSPS) is 8.75. The minimum absolute atomic E-state index is 0.963. The number of ether oxygens (including phenoxy) is 1. The molecule has 0 heterocycles. The van der Waals surface area contributed by atoms with E-state index in [0.29, 0.717) is 0 Å². The zero-order valence-electron chi connectivity index (χ0n) is 21.7. The summed E-state index contributed by atoms with van der Waals surface area (Å²) in [5, 5.41) is 3.07. The summed E-state index contributed by atoms with van der Waals surface area (Å²) in [7, 11) is 3.68. The van der Waals surface area contributed by atoms with Crippen LogP contribution in [0.1, 0.15) is 105 Å². The van der Waals surface area contributed by atoms with Gasteiger partial charge in [-0.3, -0.25) is 0 Å². The van der Waals surface area contributed by atoms with Gasteiger partial charge in [-0.25, -0.2) is 0 Å². The molecule has 0 aliphatic carbocycles. The zero-order valence-corrected chi connectivity index (χ0v) is 21.7. The van der Waals surface area contributed by atoms with Crippen LogP contribution >= 0.6 is 0 Å². The van der Waals surface area contributed by atoms with Gasteiger partial charge in [0, 0.05) is 0 Å². The first kappa shape index (κ1) is 34.5. The van der Waals surface area contributed by atoms with Gasteiger partial charge in [0.2, 0.25) is 0 Å². The van der Waals surface area contributed by atoms with E-state index in [1.54, 1.807) is 7.11 Å². The average Bonchev–Trinajstić information content (AvgIpc) is 2.72. The SMILES string of the molecule is CC.CC.CCCC(C)CCC.CCCCNC.COc1cc(C)ccc1C. The van der Waals surface area contributed by atoms with E-state index < -0.39 is 0 Å². The Hall–Kier alpha value is -1.02. The lowest BCUT2D eigenvalue weighted by atomic mass is 10.0. The molecule has 0 spiro atoms. The minimum atomic E-state index is 0.963. The Morgan fingerprint density at radius 2 is 1.39 bits per heavy atom. The molecule has 0 aliphatic heterocycles. The number of aryl methyl sites for hydroxylation is 2. The van der Waals surface area contributed by atoms with Gasteiger partial charge in [0.25, 0.3) is 0 Å². The van der Waals surface area contributed by atoms with Crippen molar-refractivity contribution in [1.29, 1.82) is 0 Å². The van der Waals surface area contributed by atoms with Crippen LogP contribution in [0.3, 0.4) is 0 Å². The highest BCUT2D eigenvalue weighted by atomic mass is 16.5. The van der Waals surface area contributed by atoms with Crippen molar-refractivity contribution in [2.75, 3.05) is 20.7 Å². The molecule has 0 amide bonds. The topological polar surface area (TPSA) is 21.3 Å². The van der Waals surface area contributed by atoms with E-state index in [0.717, 1.165) is 18.2 Å². The molecule has 0 bridgehead atoms. The average molecular weight is 398 g/mol. The Morgan fingerprint density at radius 1 is 0.893 bits per heavy atom. The predicted octanol–water partition coefficient (Wildman–Crippen LogP) is 8.59. The van der Waals surface area contributed by atoms with Gasteiger partial charge in [0.05, 0.1) is 7.11 Å². The van der Waals surface area contributed by atoms with Gasteiger partial charge in [-0.05, 0) is 57.0 Å². The van der Waals surface area contributed by atoms with Crippen molar-refractivity contribution in [2.24, 2.45) is 5.92 Å². The van der Waals surface area contributed by atoms with Crippen molar-refractivity contribution in [1.82, 2.24) is 5.32 Å². The molecule has 1 aromatic rings. The fourth-order valence-electron chi connectivity index (χ4n) is 2.41. The highest BCUT2D eigenvalue weighted by Crippen LogP contribution is 2.17. The van der Waals surface area contributed by atoms with E-state index in [1.165, 1.54) is 49.7 Å². The van der Waals surface area contributed by atoms with E-state index >= 15 is 0 Å². The molecular formula is C26H55NO. The standard InChI is InChI=1S/C9H12O.C8H18.C5H13N.2C2H6/c1-7-4-5-8(2)9(6-7)10-3;1-4-6-8(3)7-5-2;1-3-4-5-6-2;2*1-2/h4-6H,1-3H3;8H,4-7H2,1-3H3;6H,3-5H2,1-2H3;2*1-2H3. The van der Waals surface area contributed by atoms with Gasteiger partial charge in [-0.1, -0.05) is 99.6 Å². The number of hydrogen-bond acceptors (Lipinski definition) is 2. The fourth-order valence-corrected chi connectivity index (χ4v) is 2.41. The quantitative estimate of drug-likeness (QED) is 0.443. The third kappa shape index (κ3) is 27.2. The molecule has 1 N–H and O–H groups in total. The first-order chi connectivity index (χ1) is 13.5. The Balaban J connectivity index is -0.000000145. The van der Waals surface area contributed by atoms with Crippen LogP contribution in [0, 0.1) is 19.8 Å². The first-order valence-electron chi connectivity index (χ1n) is 11.7. The van der Waals surface area contributed by atoms with Crippen molar-refractivity contribution >= 4 is 0 Å². The zero-order chi connectivity index (χ0) is 22.8. The van der Waals surface area contributed by atoms with E-state index in [9.17, 15) is 0 Å². The van der Waals surface area contributed by atoms with Crippen molar-refractivity contribution in [2.45, 2.75) is 108 Å². The Kier molecular flexibility index (Phi) is 37.8. The molecule has 0 aliphatic rings. The first-order valence-corrected chi connectivity index (χ1v) is 11.7. The van der Waals surface area contributed by atoms with Crippen molar-refractivity contribution < 1.29 is 4.74 Å². The summed E-state index contributed by atoms with van der Waals surface area (Å²) < 4.78 is 5.13. The number of rotatable bonds is 8. The molecule has 0 aromatic heterocycles. The van der Waals surface area contributed by atoms with Crippen molar-refractivity contribution in [3.05, 3.63) is 29.3 Å². The summed E-state index contributed by atoms with van der Waals surface area (Å²) in [4.78, 5) is 0. The maximum Gasteiger partial charge on any atom is 0.122 e. The van der Waals surface area contributed by atoms with Gasteiger partial charge in [-0.15, -0.1) is 0 Å².